The lowest BCUT2D eigenvalue weighted by molar-refractivity contribution is -0.188. The van der Waals surface area contributed by atoms with Gasteiger partial charge in [-0.2, -0.15) is 0 Å². The molecule has 1 aromatic rings. The van der Waals surface area contributed by atoms with Crippen molar-refractivity contribution >= 4 is 23.3 Å². The highest BCUT2D eigenvalue weighted by Crippen LogP contribution is 2.75. The van der Waals surface area contributed by atoms with Gasteiger partial charge in [0.15, 0.2) is 5.82 Å². The van der Waals surface area contributed by atoms with Gasteiger partial charge < -0.3 is 10.6 Å². The summed E-state index contributed by atoms with van der Waals surface area (Å²) in [6.07, 6.45) is 16.2. The van der Waals surface area contributed by atoms with Gasteiger partial charge in [0.2, 0.25) is 11.8 Å². The van der Waals surface area contributed by atoms with Crippen LogP contribution in [0, 0.1) is 43.3 Å². The Morgan fingerprint density at radius 1 is 0.579 bits per heavy atom. The molecule has 0 aliphatic heterocycles. The van der Waals surface area contributed by atoms with Crippen LogP contribution in [0.15, 0.2) is 12.5 Å². The van der Waals surface area contributed by atoms with E-state index < -0.39 is 0 Å². The normalized spacial score (nSPS) is 51.7. The molecule has 6 heteroatoms. The Bertz CT molecular complexity index is 1050. The highest BCUT2D eigenvalue weighted by atomic mass is 16.2. The Hall–Kier alpha value is -1.98. The number of rotatable bonds is 4. The fourth-order valence-corrected chi connectivity index (χ4v) is 14.1. The van der Waals surface area contributed by atoms with Crippen LogP contribution in [0.25, 0.3) is 0 Å². The van der Waals surface area contributed by atoms with Crippen molar-refractivity contribution in [2.45, 2.75) is 119 Å². The first kappa shape index (κ1) is 25.0. The maximum absolute atomic E-state index is 14.1. The summed E-state index contributed by atoms with van der Waals surface area (Å²) in [6.45, 7) is 14.4. The lowest BCUT2D eigenvalue weighted by Gasteiger charge is -2.68. The van der Waals surface area contributed by atoms with Crippen molar-refractivity contribution in [1.29, 1.82) is 0 Å². The van der Waals surface area contributed by atoms with Crippen LogP contribution in [0.3, 0.4) is 0 Å². The average molecular weight is 519 g/mol. The van der Waals surface area contributed by atoms with Gasteiger partial charge in [-0.15, -0.1) is 0 Å². The number of anilines is 2. The van der Waals surface area contributed by atoms with Crippen molar-refractivity contribution in [3.05, 3.63) is 12.5 Å². The van der Waals surface area contributed by atoms with Crippen LogP contribution in [0.1, 0.15) is 119 Å². The Kier molecular flexibility index (Phi) is 4.62. The van der Waals surface area contributed by atoms with Crippen molar-refractivity contribution in [3.63, 3.8) is 0 Å². The van der Waals surface area contributed by atoms with Crippen LogP contribution in [0.5, 0.6) is 0 Å². The van der Waals surface area contributed by atoms with E-state index in [-0.39, 0.29) is 55.1 Å². The molecular formula is C32H46N4O2. The molecule has 6 nitrogen and oxygen atoms in total. The molecule has 2 amide bonds. The highest BCUT2D eigenvalue weighted by Gasteiger charge is 2.67. The number of nitrogens with one attached hydrogen (secondary N) is 2. The Morgan fingerprint density at radius 2 is 0.921 bits per heavy atom. The minimum Gasteiger partial charge on any atom is -0.321 e. The number of hydrogen-bond donors (Lipinski definition) is 2. The third-order valence-electron chi connectivity index (χ3n) is 11.9. The predicted octanol–water partition coefficient (Wildman–Crippen LogP) is 7.13. The highest BCUT2D eigenvalue weighted by molar-refractivity contribution is 6.02. The van der Waals surface area contributed by atoms with Crippen molar-refractivity contribution < 1.29 is 9.59 Å². The van der Waals surface area contributed by atoms with E-state index >= 15 is 0 Å². The summed E-state index contributed by atoms with van der Waals surface area (Å²) in [7, 11) is 0. The summed E-state index contributed by atoms with van der Waals surface area (Å²) in [4.78, 5) is 36.9. The van der Waals surface area contributed by atoms with Crippen LogP contribution in [0.2, 0.25) is 0 Å². The molecule has 0 atom stereocenters. The topological polar surface area (TPSA) is 84.0 Å². The smallest absolute Gasteiger partial charge is 0.231 e. The maximum Gasteiger partial charge on any atom is 0.231 e. The molecule has 1 aromatic heterocycles. The van der Waals surface area contributed by atoms with Crippen molar-refractivity contribution in [2.24, 2.45) is 43.3 Å². The molecule has 0 radical (unpaired) electrons. The van der Waals surface area contributed by atoms with Gasteiger partial charge in [-0.05, 0) is 110 Å². The van der Waals surface area contributed by atoms with Gasteiger partial charge >= 0.3 is 0 Å². The molecule has 0 unspecified atom stereocenters. The van der Waals surface area contributed by atoms with Gasteiger partial charge in [-0.1, -0.05) is 41.5 Å². The monoisotopic (exact) mass is 518 g/mol. The zero-order chi connectivity index (χ0) is 27.0. The largest absolute Gasteiger partial charge is 0.321 e. The first-order chi connectivity index (χ1) is 17.5. The first-order valence-electron chi connectivity index (χ1n) is 14.9. The fraction of sp³-hybridized carbons (Fsp3) is 0.812. The van der Waals surface area contributed by atoms with Crippen molar-refractivity contribution in [3.8, 4) is 0 Å². The van der Waals surface area contributed by atoms with Crippen LogP contribution in [-0.4, -0.2) is 21.8 Å². The second-order valence-corrected chi connectivity index (χ2v) is 17.7. The summed E-state index contributed by atoms with van der Waals surface area (Å²) >= 11 is 0. The van der Waals surface area contributed by atoms with Gasteiger partial charge in [0, 0.05) is 0 Å². The molecule has 1 heterocycles. The molecule has 0 aromatic carbocycles. The third kappa shape index (κ3) is 3.63. The third-order valence-corrected chi connectivity index (χ3v) is 11.9. The van der Waals surface area contributed by atoms with Crippen molar-refractivity contribution in [2.75, 3.05) is 10.6 Å². The second kappa shape index (κ2) is 7.01. The zero-order valence-corrected chi connectivity index (χ0v) is 24.4. The van der Waals surface area contributed by atoms with Gasteiger partial charge in [0.25, 0.3) is 0 Å². The number of carbonyl (C=O) groups is 2. The molecule has 206 valence electrons. The number of amides is 2. The van der Waals surface area contributed by atoms with E-state index in [1.165, 1.54) is 44.9 Å². The molecule has 38 heavy (non-hydrogen) atoms. The molecule has 8 bridgehead atoms. The van der Waals surface area contributed by atoms with Gasteiger partial charge in [0.1, 0.15) is 12.0 Å². The van der Waals surface area contributed by atoms with Crippen LogP contribution in [-0.2, 0) is 9.59 Å². The number of nitrogens with zero attached hydrogens (tertiary/aromatic N) is 2. The maximum atomic E-state index is 14.1. The van der Waals surface area contributed by atoms with E-state index in [1.807, 2.05) is 0 Å². The van der Waals surface area contributed by atoms with E-state index in [4.69, 9.17) is 0 Å². The molecule has 0 saturated heterocycles. The van der Waals surface area contributed by atoms with Gasteiger partial charge in [-0.25, -0.2) is 9.97 Å². The van der Waals surface area contributed by atoms with E-state index in [1.54, 1.807) is 6.20 Å². The van der Waals surface area contributed by atoms with Crippen molar-refractivity contribution in [1.82, 2.24) is 9.97 Å². The molecule has 0 spiro atoms. The summed E-state index contributed by atoms with van der Waals surface area (Å²) in [5, 5.41) is 6.46. The Balaban J connectivity index is 1.15. The molecule has 8 aliphatic rings. The first-order valence-corrected chi connectivity index (χ1v) is 14.9. The quantitative estimate of drug-likeness (QED) is 0.444. The van der Waals surface area contributed by atoms with Crippen LogP contribution in [0.4, 0.5) is 11.5 Å². The van der Waals surface area contributed by atoms with Crippen LogP contribution < -0.4 is 10.6 Å². The summed E-state index contributed by atoms with van der Waals surface area (Å²) in [5.74, 6) is 0.618. The fourth-order valence-electron chi connectivity index (χ4n) is 14.1. The summed E-state index contributed by atoms with van der Waals surface area (Å²) in [6, 6.07) is 0. The predicted molar refractivity (Wildman–Crippen MR) is 148 cm³/mol. The lowest BCUT2D eigenvalue weighted by Crippen LogP contribution is -2.62. The Morgan fingerprint density at radius 3 is 1.29 bits per heavy atom. The Labute approximate surface area is 227 Å². The standard InChI is InChI=1S/C32H46N4O2/c1-25-8-26(2)10-27(3,9-25)16-31(14-25,15-26)23(37)35-21-7-33-20-34-22(21)36-24(38)32-17-28(4)11-29(5,18-32)13-30(6,12-28)19-32/h7,20H,8-19H2,1-6H3,(H,35,37)(H,33,34,36,38). The average Bonchev–Trinajstić information content (AvgIpc) is 2.68. The molecular weight excluding hydrogens is 472 g/mol. The van der Waals surface area contributed by atoms with E-state index in [0.717, 1.165) is 38.5 Å². The SMILES string of the molecule is CC12CC3(C)CC(C)(C1)CC(C(=O)Nc1cncnc1NC(=O)C14CC5(C)CC(C)(CC(C)(C5)C1)C4)(C2)C3. The molecule has 8 fully saturated rings. The number of hydrogen-bond acceptors (Lipinski definition) is 4. The number of carbonyl (C=O) groups excluding carboxylic acids is 2. The van der Waals surface area contributed by atoms with Crippen LogP contribution >= 0.6 is 0 Å². The van der Waals surface area contributed by atoms with Gasteiger partial charge in [0.05, 0.1) is 17.0 Å². The number of aromatic nitrogens is 2. The molecule has 8 aliphatic carbocycles. The summed E-state index contributed by atoms with van der Waals surface area (Å²) in [5.41, 5.74) is 1.15. The lowest BCUT2D eigenvalue weighted by atomic mass is 9.36. The van der Waals surface area contributed by atoms with Gasteiger partial charge in [-0.3, -0.25) is 9.59 Å². The molecule has 9 rings (SSSR count). The minimum absolute atomic E-state index is 0.0804. The minimum atomic E-state index is -0.364. The van der Waals surface area contributed by atoms with E-state index in [0.29, 0.717) is 11.5 Å². The molecule has 2 N–H and O–H groups in total. The summed E-state index contributed by atoms with van der Waals surface area (Å²) < 4.78 is 0. The zero-order valence-electron chi connectivity index (χ0n) is 24.4. The van der Waals surface area contributed by atoms with E-state index in [9.17, 15) is 9.59 Å². The second-order valence-electron chi connectivity index (χ2n) is 17.7. The molecule has 8 saturated carbocycles. The van der Waals surface area contributed by atoms with E-state index in [2.05, 4.69) is 62.1 Å².